The summed E-state index contributed by atoms with van der Waals surface area (Å²) in [5, 5.41) is 4.78. The van der Waals surface area contributed by atoms with Crippen LogP contribution < -0.4 is 5.32 Å². The number of nitrogens with one attached hydrogen (secondary N) is 1. The first-order chi connectivity index (χ1) is 17.5. The average molecular weight is 499 g/mol. The van der Waals surface area contributed by atoms with E-state index in [1.165, 1.54) is 17.7 Å². The molecule has 4 heterocycles. The maximum atomic E-state index is 12.9. The van der Waals surface area contributed by atoms with E-state index in [4.69, 9.17) is 9.97 Å². The van der Waals surface area contributed by atoms with E-state index in [-0.39, 0.29) is 5.91 Å². The van der Waals surface area contributed by atoms with Crippen LogP contribution in [0.5, 0.6) is 0 Å². The smallest absolute Gasteiger partial charge is 0.227 e. The SMILES string of the molecule is Cc1nc(NC(=O)CCn2c3ccccc3c3nc4ccccc4nc32)sc1CN1CCC(C)CC1. The van der Waals surface area contributed by atoms with Crippen molar-refractivity contribution >= 4 is 55.5 Å². The summed E-state index contributed by atoms with van der Waals surface area (Å²) >= 11 is 1.60. The molecule has 1 aliphatic heterocycles. The van der Waals surface area contributed by atoms with E-state index in [9.17, 15) is 4.79 Å². The number of likely N-dealkylation sites (tertiary alicyclic amines) is 1. The number of piperidine rings is 1. The molecule has 1 aliphatic rings. The van der Waals surface area contributed by atoms with Gasteiger partial charge in [-0.15, -0.1) is 11.3 Å². The number of hydrogen-bond acceptors (Lipinski definition) is 6. The van der Waals surface area contributed by atoms with Crippen LogP contribution in [0.2, 0.25) is 0 Å². The Bertz CT molecular complexity index is 1560. The predicted octanol–water partition coefficient (Wildman–Crippen LogP) is 5.76. The number of hydrogen-bond donors (Lipinski definition) is 1. The maximum Gasteiger partial charge on any atom is 0.227 e. The van der Waals surface area contributed by atoms with Crippen LogP contribution in [-0.4, -0.2) is 43.4 Å². The molecule has 184 valence electrons. The molecule has 0 spiro atoms. The molecule has 0 saturated carbocycles. The lowest BCUT2D eigenvalue weighted by molar-refractivity contribution is -0.116. The second-order valence-electron chi connectivity index (χ2n) is 9.84. The van der Waals surface area contributed by atoms with E-state index < -0.39 is 0 Å². The minimum Gasteiger partial charge on any atom is -0.323 e. The largest absolute Gasteiger partial charge is 0.323 e. The monoisotopic (exact) mass is 498 g/mol. The summed E-state index contributed by atoms with van der Waals surface area (Å²) in [7, 11) is 0. The lowest BCUT2D eigenvalue weighted by atomic mass is 9.99. The minimum absolute atomic E-state index is 0.0400. The molecule has 1 fully saturated rings. The van der Waals surface area contributed by atoms with Crippen molar-refractivity contribution < 1.29 is 4.79 Å². The second-order valence-corrected chi connectivity index (χ2v) is 10.9. The Morgan fingerprint density at radius 1 is 1.03 bits per heavy atom. The van der Waals surface area contributed by atoms with Crippen molar-refractivity contribution in [2.24, 2.45) is 5.92 Å². The van der Waals surface area contributed by atoms with E-state index in [1.54, 1.807) is 11.3 Å². The van der Waals surface area contributed by atoms with Crippen LogP contribution in [0, 0.1) is 12.8 Å². The van der Waals surface area contributed by atoms with Gasteiger partial charge in [-0.3, -0.25) is 9.69 Å². The van der Waals surface area contributed by atoms with Gasteiger partial charge in [0.1, 0.15) is 5.52 Å². The van der Waals surface area contributed by atoms with Crippen LogP contribution >= 0.6 is 11.3 Å². The minimum atomic E-state index is -0.0400. The predicted molar refractivity (Wildman–Crippen MR) is 146 cm³/mol. The molecule has 0 aliphatic carbocycles. The fourth-order valence-corrected chi connectivity index (χ4v) is 6.08. The summed E-state index contributed by atoms with van der Waals surface area (Å²) in [4.78, 5) is 31.1. The summed E-state index contributed by atoms with van der Waals surface area (Å²) in [6, 6.07) is 16.1. The van der Waals surface area contributed by atoms with Gasteiger partial charge in [-0.05, 0) is 57.0 Å². The highest BCUT2D eigenvalue weighted by Crippen LogP contribution is 2.29. The van der Waals surface area contributed by atoms with E-state index in [1.807, 2.05) is 43.3 Å². The molecule has 1 N–H and O–H groups in total. The molecule has 1 saturated heterocycles. The Morgan fingerprint density at radius 3 is 2.56 bits per heavy atom. The number of anilines is 1. The van der Waals surface area contributed by atoms with Gasteiger partial charge in [0.15, 0.2) is 10.8 Å². The summed E-state index contributed by atoms with van der Waals surface area (Å²) in [6.07, 6.45) is 2.84. The number of thiazole rings is 1. The fraction of sp³-hybridized carbons (Fsp3) is 0.357. The van der Waals surface area contributed by atoms with Crippen molar-refractivity contribution in [3.8, 4) is 0 Å². The first-order valence-corrected chi connectivity index (χ1v) is 13.5. The molecule has 2 aromatic carbocycles. The summed E-state index contributed by atoms with van der Waals surface area (Å²) in [5.41, 5.74) is 5.47. The van der Waals surface area contributed by atoms with Crippen LogP contribution in [0.3, 0.4) is 0 Å². The molecular weight excluding hydrogens is 468 g/mol. The Kier molecular flexibility index (Phi) is 6.15. The van der Waals surface area contributed by atoms with Crippen LogP contribution in [0.15, 0.2) is 48.5 Å². The highest BCUT2D eigenvalue weighted by Gasteiger charge is 2.19. The van der Waals surface area contributed by atoms with Gasteiger partial charge in [-0.25, -0.2) is 15.0 Å². The number of amides is 1. The molecule has 8 heteroatoms. The van der Waals surface area contributed by atoms with Crippen molar-refractivity contribution in [2.45, 2.75) is 46.2 Å². The maximum absolute atomic E-state index is 12.9. The average Bonchev–Trinajstić information content (AvgIpc) is 3.38. The molecule has 7 nitrogen and oxygen atoms in total. The molecule has 0 atom stereocenters. The molecule has 0 unspecified atom stereocenters. The van der Waals surface area contributed by atoms with Crippen molar-refractivity contribution in [3.05, 3.63) is 59.1 Å². The fourth-order valence-electron chi connectivity index (χ4n) is 5.06. The number of aromatic nitrogens is 4. The summed E-state index contributed by atoms with van der Waals surface area (Å²) < 4.78 is 2.11. The molecule has 5 aromatic rings. The summed E-state index contributed by atoms with van der Waals surface area (Å²) in [5.74, 6) is 0.777. The topological polar surface area (TPSA) is 75.9 Å². The molecular formula is C28H30N6OS. The number of rotatable bonds is 6. The van der Waals surface area contributed by atoms with E-state index in [0.29, 0.717) is 18.1 Å². The molecule has 1 amide bonds. The third-order valence-corrected chi connectivity index (χ3v) is 8.26. The van der Waals surface area contributed by atoms with Gasteiger partial charge in [0.05, 0.1) is 22.2 Å². The van der Waals surface area contributed by atoms with Gasteiger partial charge < -0.3 is 9.88 Å². The number of carbonyl (C=O) groups is 1. The summed E-state index contributed by atoms with van der Waals surface area (Å²) in [6.45, 7) is 8.08. The van der Waals surface area contributed by atoms with Crippen LogP contribution in [0.4, 0.5) is 5.13 Å². The van der Waals surface area contributed by atoms with Crippen LogP contribution in [0.1, 0.15) is 36.8 Å². The number of para-hydroxylation sites is 3. The normalized spacial score (nSPS) is 15.3. The Balaban J connectivity index is 1.19. The number of fused-ring (bicyclic) bond motifs is 4. The van der Waals surface area contributed by atoms with Crippen LogP contribution in [-0.2, 0) is 17.9 Å². The van der Waals surface area contributed by atoms with Gasteiger partial charge in [0.2, 0.25) is 5.91 Å². The van der Waals surface area contributed by atoms with Gasteiger partial charge in [0.25, 0.3) is 0 Å². The quantitative estimate of drug-likeness (QED) is 0.322. The Labute approximate surface area is 214 Å². The zero-order valence-electron chi connectivity index (χ0n) is 20.7. The number of benzene rings is 2. The molecule has 6 rings (SSSR count). The third-order valence-electron chi connectivity index (χ3n) is 7.20. The van der Waals surface area contributed by atoms with Crippen molar-refractivity contribution in [2.75, 3.05) is 18.4 Å². The van der Waals surface area contributed by atoms with Gasteiger partial charge in [-0.2, -0.15) is 0 Å². The lowest BCUT2D eigenvalue weighted by Crippen LogP contribution is -2.32. The van der Waals surface area contributed by atoms with Gasteiger partial charge in [-0.1, -0.05) is 37.3 Å². The van der Waals surface area contributed by atoms with Crippen molar-refractivity contribution in [1.82, 2.24) is 24.4 Å². The zero-order valence-corrected chi connectivity index (χ0v) is 21.5. The number of nitrogens with zero attached hydrogens (tertiary/aromatic N) is 5. The van der Waals surface area contributed by atoms with E-state index >= 15 is 0 Å². The molecule has 0 bridgehead atoms. The van der Waals surface area contributed by atoms with Crippen molar-refractivity contribution in [1.29, 1.82) is 0 Å². The van der Waals surface area contributed by atoms with Crippen LogP contribution in [0.25, 0.3) is 33.1 Å². The van der Waals surface area contributed by atoms with Crippen molar-refractivity contribution in [3.63, 3.8) is 0 Å². The Hall–Kier alpha value is -3.36. The highest BCUT2D eigenvalue weighted by molar-refractivity contribution is 7.15. The number of aryl methyl sites for hydroxylation is 2. The molecule has 36 heavy (non-hydrogen) atoms. The Morgan fingerprint density at radius 2 is 1.75 bits per heavy atom. The lowest BCUT2D eigenvalue weighted by Gasteiger charge is -2.29. The first-order valence-electron chi connectivity index (χ1n) is 12.7. The van der Waals surface area contributed by atoms with E-state index in [0.717, 1.165) is 64.3 Å². The standard InChI is InChI=1S/C28H30N6OS/c1-18-11-14-33(15-12-18)17-24-19(2)29-28(36-24)32-25(35)13-16-34-23-10-6-3-7-20(23)26-27(34)31-22-9-5-4-8-21(22)30-26/h3-10,18H,11-17H2,1-2H3,(H,29,32,35). The first kappa shape index (κ1) is 23.1. The van der Waals surface area contributed by atoms with E-state index in [2.05, 4.69) is 38.8 Å². The second kappa shape index (κ2) is 9.59. The highest BCUT2D eigenvalue weighted by atomic mass is 32.1. The molecule has 3 aromatic heterocycles. The van der Waals surface area contributed by atoms with Gasteiger partial charge in [0, 0.05) is 29.8 Å². The molecule has 0 radical (unpaired) electrons. The van der Waals surface area contributed by atoms with Gasteiger partial charge >= 0.3 is 0 Å². The zero-order chi connectivity index (χ0) is 24.6. The number of carbonyl (C=O) groups excluding carboxylic acids is 1. The third kappa shape index (κ3) is 4.47.